The van der Waals surface area contributed by atoms with E-state index in [0.29, 0.717) is 19.3 Å². The SMILES string of the molecule is CCCCC/C=C\C/C=C\C/C=C\CCCCCCCCC(=O)OCC(COC(=O)CCCCCCCCCCCCCCCCCCCCCCCCCCCC)OC(=O)CCCCCCCCCCCCCCCCCCCCCC. The van der Waals surface area contributed by atoms with Gasteiger partial charge in [0.15, 0.2) is 6.10 Å². The van der Waals surface area contributed by atoms with E-state index in [0.717, 1.165) is 77.0 Å². The lowest BCUT2D eigenvalue weighted by atomic mass is 10.0. The van der Waals surface area contributed by atoms with Gasteiger partial charge in [0.05, 0.1) is 0 Å². The fraction of sp³-hybridized carbons (Fsp3) is 0.883. The maximum absolute atomic E-state index is 13.0. The van der Waals surface area contributed by atoms with Crippen LogP contribution in [0.1, 0.15) is 419 Å². The summed E-state index contributed by atoms with van der Waals surface area (Å²) in [5.41, 5.74) is 0. The number of hydrogen-bond acceptors (Lipinski definition) is 6. The molecule has 0 aliphatic heterocycles. The summed E-state index contributed by atoms with van der Waals surface area (Å²) in [5.74, 6) is -0.848. The van der Waals surface area contributed by atoms with Crippen molar-refractivity contribution in [2.45, 2.75) is 425 Å². The Morgan fingerprint density at radius 1 is 0.241 bits per heavy atom. The van der Waals surface area contributed by atoms with Crippen LogP contribution in [0.5, 0.6) is 0 Å². The molecular weight excluding hydrogens is 1020 g/mol. The fourth-order valence-corrected chi connectivity index (χ4v) is 11.5. The summed E-state index contributed by atoms with van der Waals surface area (Å²) >= 11 is 0. The zero-order valence-corrected chi connectivity index (χ0v) is 56.2. The van der Waals surface area contributed by atoms with E-state index in [-0.39, 0.29) is 31.1 Å². The first-order valence-corrected chi connectivity index (χ1v) is 37.5. The topological polar surface area (TPSA) is 78.9 Å². The van der Waals surface area contributed by atoms with Crippen molar-refractivity contribution in [1.82, 2.24) is 0 Å². The third-order valence-electron chi connectivity index (χ3n) is 17.1. The second kappa shape index (κ2) is 72.1. The molecule has 0 N–H and O–H groups in total. The number of hydrogen-bond donors (Lipinski definition) is 0. The number of allylic oxidation sites excluding steroid dienone is 6. The molecule has 0 radical (unpaired) electrons. The second-order valence-electron chi connectivity index (χ2n) is 25.6. The maximum Gasteiger partial charge on any atom is 0.306 e. The first kappa shape index (κ1) is 80.6. The van der Waals surface area contributed by atoms with E-state index in [4.69, 9.17) is 14.2 Å². The molecular formula is C77H144O6. The lowest BCUT2D eigenvalue weighted by Gasteiger charge is -2.18. The third-order valence-corrected chi connectivity index (χ3v) is 17.1. The van der Waals surface area contributed by atoms with Crippen molar-refractivity contribution in [3.8, 4) is 0 Å². The molecule has 1 atom stereocenters. The van der Waals surface area contributed by atoms with E-state index in [9.17, 15) is 14.4 Å². The highest BCUT2D eigenvalue weighted by molar-refractivity contribution is 5.71. The van der Waals surface area contributed by atoms with Crippen LogP contribution >= 0.6 is 0 Å². The summed E-state index contributed by atoms with van der Waals surface area (Å²) in [7, 11) is 0. The van der Waals surface area contributed by atoms with Crippen molar-refractivity contribution >= 4 is 17.9 Å². The van der Waals surface area contributed by atoms with Crippen LogP contribution in [0.4, 0.5) is 0 Å². The highest BCUT2D eigenvalue weighted by atomic mass is 16.6. The van der Waals surface area contributed by atoms with Gasteiger partial charge in [-0.2, -0.15) is 0 Å². The highest BCUT2D eigenvalue weighted by Crippen LogP contribution is 2.19. The molecule has 488 valence electrons. The lowest BCUT2D eigenvalue weighted by molar-refractivity contribution is -0.167. The van der Waals surface area contributed by atoms with Gasteiger partial charge in [-0.1, -0.05) is 378 Å². The molecule has 0 spiro atoms. The molecule has 0 aliphatic rings. The van der Waals surface area contributed by atoms with Gasteiger partial charge in [-0.05, 0) is 57.8 Å². The standard InChI is InChI=1S/C77H144O6/c1-4-7-10-13-16-19-22-25-28-31-34-36-37-38-39-40-41-44-46-49-52-55-58-61-64-67-70-76(79)82-73-74(72-81-75(78)69-66-63-60-57-54-51-48-45-42-33-30-27-24-21-18-15-12-9-6-3)83-77(80)71-68-65-62-59-56-53-50-47-43-35-32-29-26-23-20-17-14-11-8-5-2/h18,21,27,30,42,45,74H,4-17,19-20,22-26,28-29,31-41,43-44,46-73H2,1-3H3/b21-18-,30-27-,45-42-. The summed E-state index contributed by atoms with van der Waals surface area (Å²) in [6.07, 6.45) is 90.4. The number of rotatable bonds is 70. The van der Waals surface area contributed by atoms with E-state index < -0.39 is 6.10 Å². The van der Waals surface area contributed by atoms with E-state index in [1.54, 1.807) is 0 Å². The summed E-state index contributed by atoms with van der Waals surface area (Å²) in [4.78, 5) is 38.5. The van der Waals surface area contributed by atoms with Gasteiger partial charge in [-0.3, -0.25) is 14.4 Å². The van der Waals surface area contributed by atoms with Gasteiger partial charge in [0.2, 0.25) is 0 Å². The minimum atomic E-state index is -0.776. The quantitative estimate of drug-likeness (QED) is 0.0261. The van der Waals surface area contributed by atoms with Gasteiger partial charge >= 0.3 is 17.9 Å². The molecule has 0 heterocycles. The second-order valence-corrected chi connectivity index (χ2v) is 25.6. The largest absolute Gasteiger partial charge is 0.462 e. The normalized spacial score (nSPS) is 12.2. The minimum Gasteiger partial charge on any atom is -0.462 e. The Kier molecular flexibility index (Phi) is 70.0. The molecule has 0 aliphatic carbocycles. The van der Waals surface area contributed by atoms with Crippen LogP contribution in [0.15, 0.2) is 36.5 Å². The lowest BCUT2D eigenvalue weighted by Crippen LogP contribution is -2.30. The van der Waals surface area contributed by atoms with Gasteiger partial charge in [0, 0.05) is 19.3 Å². The maximum atomic E-state index is 13.0. The number of esters is 3. The molecule has 0 saturated heterocycles. The van der Waals surface area contributed by atoms with E-state index in [1.165, 1.54) is 302 Å². The predicted octanol–water partition coefficient (Wildman–Crippen LogP) is 25.9. The summed E-state index contributed by atoms with van der Waals surface area (Å²) < 4.78 is 17.0. The Labute approximate surface area is 518 Å². The summed E-state index contributed by atoms with van der Waals surface area (Å²) in [5, 5.41) is 0. The highest BCUT2D eigenvalue weighted by Gasteiger charge is 2.20. The van der Waals surface area contributed by atoms with Gasteiger partial charge in [0.25, 0.3) is 0 Å². The Hall–Kier alpha value is -2.37. The number of carbonyl (C=O) groups is 3. The molecule has 6 heteroatoms. The average Bonchev–Trinajstić information content (AvgIpc) is 3.49. The molecule has 0 aromatic rings. The van der Waals surface area contributed by atoms with E-state index in [1.807, 2.05) is 0 Å². The van der Waals surface area contributed by atoms with Crippen LogP contribution in [-0.4, -0.2) is 37.2 Å². The Morgan fingerprint density at radius 3 is 0.699 bits per heavy atom. The predicted molar refractivity (Wildman–Crippen MR) is 362 cm³/mol. The van der Waals surface area contributed by atoms with Crippen LogP contribution in [0, 0.1) is 0 Å². The first-order valence-electron chi connectivity index (χ1n) is 37.5. The number of unbranched alkanes of at least 4 members (excludes halogenated alkanes) is 53. The molecule has 0 aromatic heterocycles. The van der Waals surface area contributed by atoms with Crippen LogP contribution < -0.4 is 0 Å². The van der Waals surface area contributed by atoms with Crippen molar-refractivity contribution < 1.29 is 28.6 Å². The summed E-state index contributed by atoms with van der Waals surface area (Å²) in [6, 6.07) is 0. The molecule has 0 saturated carbocycles. The Morgan fingerprint density at radius 2 is 0.434 bits per heavy atom. The zero-order valence-electron chi connectivity index (χ0n) is 56.2. The van der Waals surface area contributed by atoms with Gasteiger partial charge in [-0.25, -0.2) is 0 Å². The van der Waals surface area contributed by atoms with Gasteiger partial charge in [-0.15, -0.1) is 0 Å². The number of carbonyl (C=O) groups excluding carboxylic acids is 3. The molecule has 0 rings (SSSR count). The monoisotopic (exact) mass is 1170 g/mol. The van der Waals surface area contributed by atoms with Crippen LogP contribution in [-0.2, 0) is 28.6 Å². The average molecular weight is 1170 g/mol. The van der Waals surface area contributed by atoms with Crippen molar-refractivity contribution in [1.29, 1.82) is 0 Å². The fourth-order valence-electron chi connectivity index (χ4n) is 11.5. The zero-order chi connectivity index (χ0) is 59.9. The van der Waals surface area contributed by atoms with Gasteiger partial charge in [0.1, 0.15) is 13.2 Å². The molecule has 6 nitrogen and oxygen atoms in total. The first-order chi connectivity index (χ1) is 41.0. The Bertz CT molecular complexity index is 1380. The molecule has 0 bridgehead atoms. The number of ether oxygens (including phenoxy) is 3. The molecule has 83 heavy (non-hydrogen) atoms. The van der Waals surface area contributed by atoms with Crippen LogP contribution in [0.25, 0.3) is 0 Å². The van der Waals surface area contributed by atoms with Gasteiger partial charge < -0.3 is 14.2 Å². The van der Waals surface area contributed by atoms with Crippen molar-refractivity contribution in [2.75, 3.05) is 13.2 Å². The van der Waals surface area contributed by atoms with Crippen molar-refractivity contribution in [3.05, 3.63) is 36.5 Å². The summed E-state index contributed by atoms with van der Waals surface area (Å²) in [6.45, 7) is 6.70. The third kappa shape index (κ3) is 70.3. The van der Waals surface area contributed by atoms with Crippen molar-refractivity contribution in [3.63, 3.8) is 0 Å². The molecule has 0 amide bonds. The molecule has 0 aromatic carbocycles. The minimum absolute atomic E-state index is 0.0701. The smallest absolute Gasteiger partial charge is 0.306 e. The Balaban J connectivity index is 4.28. The molecule has 0 fully saturated rings. The van der Waals surface area contributed by atoms with E-state index >= 15 is 0 Å². The van der Waals surface area contributed by atoms with E-state index in [2.05, 4.69) is 57.2 Å². The van der Waals surface area contributed by atoms with Crippen LogP contribution in [0.2, 0.25) is 0 Å². The van der Waals surface area contributed by atoms with Crippen LogP contribution in [0.3, 0.4) is 0 Å². The van der Waals surface area contributed by atoms with Crippen molar-refractivity contribution in [2.24, 2.45) is 0 Å². The molecule has 1 unspecified atom stereocenters.